The van der Waals surface area contributed by atoms with Crippen molar-refractivity contribution in [2.75, 3.05) is 6.54 Å². The van der Waals surface area contributed by atoms with Crippen LogP contribution in [-0.2, 0) is 14.4 Å². The molecule has 2 amide bonds. The Kier molecular flexibility index (Phi) is 6.02. The highest BCUT2D eigenvalue weighted by molar-refractivity contribution is 5.85. The molecule has 9 heteroatoms. The Hall–Kier alpha value is -2.32. The molecule has 0 bridgehead atoms. The molecule has 0 aliphatic carbocycles. The fourth-order valence-electron chi connectivity index (χ4n) is 0.502. The highest BCUT2D eigenvalue weighted by Crippen LogP contribution is 1.71. The van der Waals surface area contributed by atoms with E-state index in [1.54, 1.807) is 0 Å². The van der Waals surface area contributed by atoms with E-state index in [9.17, 15) is 14.4 Å². The van der Waals surface area contributed by atoms with Crippen molar-refractivity contribution in [3.05, 3.63) is 0 Å². The molecule has 0 radical (unpaired) electrons. The number of carboxylic acid groups (broad SMARTS) is 1. The summed E-state index contributed by atoms with van der Waals surface area (Å²) in [7, 11) is 0. The van der Waals surface area contributed by atoms with Gasteiger partial charge < -0.3 is 5.11 Å². The summed E-state index contributed by atoms with van der Waals surface area (Å²) in [4.78, 5) is 34.1. The Morgan fingerprint density at radius 2 is 2.00 bits per heavy atom. The topological polar surface area (TPSA) is 132 Å². The normalized spacial score (nSPS) is 10.1. The van der Waals surface area contributed by atoms with Crippen LogP contribution in [0.1, 0.15) is 6.92 Å². The second-order valence-corrected chi connectivity index (χ2v) is 2.25. The first-order valence-corrected chi connectivity index (χ1v) is 3.80. The van der Waals surface area contributed by atoms with Gasteiger partial charge in [-0.25, -0.2) is 4.99 Å². The molecule has 0 saturated heterocycles. The van der Waals surface area contributed by atoms with Crippen molar-refractivity contribution in [3.8, 4) is 0 Å². The molecule has 0 aromatic heterocycles. The molecule has 0 aliphatic rings. The molecular weight excluding hydrogens is 206 g/mol. The third-order valence-corrected chi connectivity index (χ3v) is 0.979. The average molecular weight is 217 g/mol. The van der Waals surface area contributed by atoms with Crippen molar-refractivity contribution < 1.29 is 19.5 Å². The van der Waals surface area contributed by atoms with Gasteiger partial charge in [-0.1, -0.05) is 0 Å². The lowest BCUT2D eigenvalue weighted by Crippen LogP contribution is -2.51. The van der Waals surface area contributed by atoms with Crippen LogP contribution >= 0.6 is 0 Å². The maximum Gasteiger partial charge on any atom is 0.325 e. The Bertz CT molecular complexity index is 277. The molecule has 9 nitrogen and oxygen atoms in total. The van der Waals surface area contributed by atoms with E-state index in [1.807, 2.05) is 5.43 Å². The number of amides is 2. The van der Waals surface area contributed by atoms with Gasteiger partial charge >= 0.3 is 5.97 Å². The molecule has 0 rings (SSSR count). The molecule has 0 aliphatic heterocycles. The predicted octanol–water partition coefficient (Wildman–Crippen LogP) is -2.68. The summed E-state index contributed by atoms with van der Waals surface area (Å²) in [6.07, 6.45) is 0.325. The fourth-order valence-corrected chi connectivity index (χ4v) is 0.502. The number of hydrogen-bond donors (Lipinski definition) is 5. The van der Waals surface area contributed by atoms with E-state index in [0.717, 1.165) is 0 Å². The number of carbonyl (C=O) groups is 3. The van der Waals surface area contributed by atoms with Crippen LogP contribution in [0.15, 0.2) is 4.99 Å². The van der Waals surface area contributed by atoms with E-state index in [0.29, 0.717) is 6.41 Å². The van der Waals surface area contributed by atoms with Crippen LogP contribution in [0.3, 0.4) is 0 Å². The molecule has 0 aromatic rings. The Morgan fingerprint density at radius 1 is 1.33 bits per heavy atom. The number of aliphatic carboxylic acids is 1. The van der Waals surface area contributed by atoms with Crippen molar-refractivity contribution in [1.29, 1.82) is 0 Å². The number of nitrogens with zero attached hydrogens (tertiary/aromatic N) is 1. The first kappa shape index (κ1) is 12.7. The smallest absolute Gasteiger partial charge is 0.325 e. The molecule has 0 heterocycles. The zero-order valence-electron chi connectivity index (χ0n) is 7.90. The molecular formula is C6H11N5O4. The Morgan fingerprint density at radius 3 is 2.47 bits per heavy atom. The first-order valence-electron chi connectivity index (χ1n) is 3.80. The summed E-state index contributed by atoms with van der Waals surface area (Å²) < 4.78 is 0. The van der Waals surface area contributed by atoms with Gasteiger partial charge in [0.05, 0.1) is 0 Å². The Balaban J connectivity index is 4.15. The number of carbonyl (C=O) groups excluding carboxylic acids is 2. The maximum absolute atomic E-state index is 10.5. The number of aliphatic imine (C=N–C) groups is 1. The standard InChI is InChI=1S/C6H11N5O4/c1-4(13)9-11-6(10-8-3-12)7-2-5(14)15/h3H,2H2,1H3,(H,8,12)(H,9,13)(H,14,15)(H2,7,10,11). The number of nitrogens with one attached hydrogen (secondary N) is 4. The van der Waals surface area contributed by atoms with Crippen LogP contribution in [0.4, 0.5) is 0 Å². The van der Waals surface area contributed by atoms with Crippen LogP contribution in [0.5, 0.6) is 0 Å². The third-order valence-electron chi connectivity index (χ3n) is 0.979. The van der Waals surface area contributed by atoms with Gasteiger partial charge in [0.1, 0.15) is 6.54 Å². The zero-order chi connectivity index (χ0) is 11.7. The van der Waals surface area contributed by atoms with Gasteiger partial charge in [-0.05, 0) is 0 Å². The van der Waals surface area contributed by atoms with Gasteiger partial charge in [0, 0.05) is 6.92 Å². The second-order valence-electron chi connectivity index (χ2n) is 2.25. The lowest BCUT2D eigenvalue weighted by Gasteiger charge is -2.10. The molecule has 5 N–H and O–H groups in total. The molecule has 0 aromatic carbocycles. The van der Waals surface area contributed by atoms with Gasteiger partial charge in [-0.3, -0.25) is 36.1 Å². The van der Waals surface area contributed by atoms with Gasteiger partial charge in [0.2, 0.25) is 18.3 Å². The summed E-state index contributed by atoms with van der Waals surface area (Å²) in [5.41, 5.74) is 8.66. The van der Waals surface area contributed by atoms with E-state index in [4.69, 9.17) is 5.11 Å². The van der Waals surface area contributed by atoms with E-state index in [1.165, 1.54) is 6.92 Å². The minimum atomic E-state index is -1.15. The van der Waals surface area contributed by atoms with Crippen LogP contribution in [0.2, 0.25) is 0 Å². The minimum absolute atomic E-state index is 0.0975. The Labute approximate surface area is 84.9 Å². The van der Waals surface area contributed by atoms with Crippen molar-refractivity contribution in [3.63, 3.8) is 0 Å². The van der Waals surface area contributed by atoms with E-state index in [-0.39, 0.29) is 5.96 Å². The summed E-state index contributed by atoms with van der Waals surface area (Å²) >= 11 is 0. The maximum atomic E-state index is 10.5. The van der Waals surface area contributed by atoms with Crippen molar-refractivity contribution in [1.82, 2.24) is 21.7 Å². The van der Waals surface area contributed by atoms with E-state index < -0.39 is 18.4 Å². The van der Waals surface area contributed by atoms with Crippen LogP contribution < -0.4 is 21.7 Å². The SMILES string of the molecule is CC(=O)NN/C(=N/CC(=O)O)NNC=O. The molecule has 0 spiro atoms. The largest absolute Gasteiger partial charge is 0.480 e. The fraction of sp³-hybridized carbons (Fsp3) is 0.333. The van der Waals surface area contributed by atoms with E-state index in [2.05, 4.69) is 21.3 Å². The van der Waals surface area contributed by atoms with Crippen molar-refractivity contribution in [2.24, 2.45) is 4.99 Å². The summed E-state index contributed by atoms with van der Waals surface area (Å²) in [5, 5.41) is 8.33. The number of carboxylic acids is 1. The minimum Gasteiger partial charge on any atom is -0.480 e. The van der Waals surface area contributed by atoms with Gasteiger partial charge in [-0.15, -0.1) is 0 Å². The van der Waals surface area contributed by atoms with Gasteiger partial charge in [0.15, 0.2) is 0 Å². The highest BCUT2D eigenvalue weighted by atomic mass is 16.4. The number of hydrazine groups is 2. The molecule has 15 heavy (non-hydrogen) atoms. The summed E-state index contributed by atoms with van der Waals surface area (Å²) in [6.45, 7) is 0.740. The third kappa shape index (κ3) is 8.02. The number of hydrogen-bond acceptors (Lipinski definition) is 4. The van der Waals surface area contributed by atoms with Crippen LogP contribution in [0, 0.1) is 0 Å². The molecule has 0 atom stereocenters. The molecule has 84 valence electrons. The molecule has 0 unspecified atom stereocenters. The average Bonchev–Trinajstić information content (AvgIpc) is 2.16. The lowest BCUT2D eigenvalue weighted by molar-refractivity contribution is -0.135. The lowest BCUT2D eigenvalue weighted by atomic mass is 10.7. The summed E-state index contributed by atoms with van der Waals surface area (Å²) in [6, 6.07) is 0. The van der Waals surface area contributed by atoms with Crippen molar-refractivity contribution >= 4 is 24.2 Å². The monoisotopic (exact) mass is 217 g/mol. The first-order chi connectivity index (χ1) is 7.06. The predicted molar refractivity (Wildman–Crippen MR) is 49.2 cm³/mol. The quantitative estimate of drug-likeness (QED) is 0.151. The second kappa shape index (κ2) is 7.12. The van der Waals surface area contributed by atoms with Gasteiger partial charge in [0.25, 0.3) is 0 Å². The summed E-state index contributed by atoms with van der Waals surface area (Å²) in [5.74, 6) is -1.64. The number of rotatable bonds is 4. The van der Waals surface area contributed by atoms with Crippen LogP contribution in [0.25, 0.3) is 0 Å². The molecule has 0 fully saturated rings. The number of guanidine groups is 1. The van der Waals surface area contributed by atoms with E-state index >= 15 is 0 Å². The van der Waals surface area contributed by atoms with Crippen LogP contribution in [-0.4, -0.2) is 35.9 Å². The van der Waals surface area contributed by atoms with Gasteiger partial charge in [-0.2, -0.15) is 0 Å². The zero-order valence-corrected chi connectivity index (χ0v) is 7.90. The van der Waals surface area contributed by atoms with Crippen molar-refractivity contribution in [2.45, 2.75) is 6.92 Å². The molecule has 0 saturated carbocycles. The highest BCUT2D eigenvalue weighted by Gasteiger charge is 1.99.